The number of nitrogens with one attached hydrogen (secondary N) is 2. The van der Waals surface area contributed by atoms with Crippen LogP contribution in [0.25, 0.3) is 0 Å². The summed E-state index contributed by atoms with van der Waals surface area (Å²) >= 11 is 0. The van der Waals surface area contributed by atoms with E-state index in [0.717, 1.165) is 29.6 Å². The molecule has 25 heavy (non-hydrogen) atoms. The minimum absolute atomic E-state index is 0.105. The van der Waals surface area contributed by atoms with E-state index >= 15 is 0 Å². The number of para-hydroxylation sites is 1. The Morgan fingerprint density at radius 1 is 1.24 bits per heavy atom. The Morgan fingerprint density at radius 3 is 2.72 bits per heavy atom. The van der Waals surface area contributed by atoms with Crippen molar-refractivity contribution in [2.24, 2.45) is 0 Å². The predicted octanol–water partition coefficient (Wildman–Crippen LogP) is 2.52. The van der Waals surface area contributed by atoms with Crippen molar-refractivity contribution in [2.75, 3.05) is 18.1 Å². The van der Waals surface area contributed by atoms with Gasteiger partial charge in [0.25, 0.3) is 0 Å². The molecule has 2 amide bonds. The lowest BCUT2D eigenvalue weighted by molar-refractivity contribution is 0.219. The van der Waals surface area contributed by atoms with Gasteiger partial charge in [-0.15, -0.1) is 0 Å². The average Bonchev–Trinajstić information content (AvgIpc) is 2.97. The van der Waals surface area contributed by atoms with Crippen molar-refractivity contribution in [1.82, 2.24) is 5.32 Å². The summed E-state index contributed by atoms with van der Waals surface area (Å²) in [6.07, 6.45) is 1.78. The molecule has 0 spiro atoms. The van der Waals surface area contributed by atoms with Crippen LogP contribution < -0.4 is 15.4 Å². The van der Waals surface area contributed by atoms with Gasteiger partial charge in [0.2, 0.25) is 0 Å². The molecule has 0 aliphatic carbocycles. The standard InChI is InChI=1S/C18H20N2O4S/c1-12-7-8-15(25(2,22)23)10-16(12)20-18(21)19-11-14-9-13-5-3-4-6-17(13)24-14/h3-8,10,14H,9,11H2,1-2H3,(H2,19,20,21). The summed E-state index contributed by atoms with van der Waals surface area (Å²) in [5, 5.41) is 5.47. The number of hydrogen-bond donors (Lipinski definition) is 2. The smallest absolute Gasteiger partial charge is 0.319 e. The molecule has 132 valence electrons. The quantitative estimate of drug-likeness (QED) is 0.877. The van der Waals surface area contributed by atoms with Crippen molar-refractivity contribution in [3.8, 4) is 5.75 Å². The summed E-state index contributed by atoms with van der Waals surface area (Å²) in [4.78, 5) is 12.3. The van der Waals surface area contributed by atoms with Crippen LogP contribution in [0.15, 0.2) is 47.4 Å². The zero-order valence-corrected chi connectivity index (χ0v) is 14.9. The van der Waals surface area contributed by atoms with E-state index in [0.29, 0.717) is 12.2 Å². The van der Waals surface area contributed by atoms with Gasteiger partial charge in [-0.3, -0.25) is 0 Å². The molecule has 0 fully saturated rings. The third-order valence-electron chi connectivity index (χ3n) is 4.09. The monoisotopic (exact) mass is 360 g/mol. The molecule has 1 heterocycles. The number of ether oxygens (including phenoxy) is 1. The first-order chi connectivity index (χ1) is 11.8. The molecule has 1 atom stereocenters. The van der Waals surface area contributed by atoms with E-state index in [9.17, 15) is 13.2 Å². The lowest BCUT2D eigenvalue weighted by atomic mass is 10.1. The van der Waals surface area contributed by atoms with Crippen LogP contribution in [-0.2, 0) is 16.3 Å². The second kappa shape index (κ2) is 6.76. The third kappa shape index (κ3) is 4.11. The molecule has 7 heteroatoms. The second-order valence-corrected chi connectivity index (χ2v) is 8.15. The number of aryl methyl sites for hydroxylation is 1. The fraction of sp³-hybridized carbons (Fsp3) is 0.278. The number of carbonyl (C=O) groups excluding carboxylic acids is 1. The maximum absolute atomic E-state index is 12.1. The average molecular weight is 360 g/mol. The van der Waals surface area contributed by atoms with Gasteiger partial charge in [0, 0.05) is 18.4 Å². The molecule has 2 aromatic rings. The number of anilines is 1. The topological polar surface area (TPSA) is 84.5 Å². The Bertz CT molecular complexity index is 884. The minimum Gasteiger partial charge on any atom is -0.488 e. The SMILES string of the molecule is Cc1ccc(S(C)(=O)=O)cc1NC(=O)NCC1Cc2ccccc2O1. The number of amides is 2. The largest absolute Gasteiger partial charge is 0.488 e. The molecular weight excluding hydrogens is 340 g/mol. The van der Waals surface area contributed by atoms with Crippen molar-refractivity contribution in [3.63, 3.8) is 0 Å². The zero-order valence-electron chi connectivity index (χ0n) is 14.1. The van der Waals surface area contributed by atoms with E-state index in [4.69, 9.17) is 4.74 Å². The Balaban J connectivity index is 1.59. The maximum Gasteiger partial charge on any atom is 0.319 e. The molecular formula is C18H20N2O4S. The van der Waals surface area contributed by atoms with Crippen LogP contribution in [0.1, 0.15) is 11.1 Å². The molecule has 2 aromatic carbocycles. The number of urea groups is 1. The maximum atomic E-state index is 12.1. The van der Waals surface area contributed by atoms with E-state index in [1.165, 1.54) is 12.1 Å². The highest BCUT2D eigenvalue weighted by Gasteiger charge is 2.22. The number of benzene rings is 2. The number of carbonyl (C=O) groups is 1. The van der Waals surface area contributed by atoms with Crippen molar-refractivity contribution in [1.29, 1.82) is 0 Å². The highest BCUT2D eigenvalue weighted by molar-refractivity contribution is 7.90. The molecule has 0 saturated heterocycles. The highest BCUT2D eigenvalue weighted by atomic mass is 32.2. The van der Waals surface area contributed by atoms with Crippen molar-refractivity contribution < 1.29 is 17.9 Å². The Labute approximate surface area is 147 Å². The van der Waals surface area contributed by atoms with Crippen LogP contribution in [0.3, 0.4) is 0 Å². The van der Waals surface area contributed by atoms with Gasteiger partial charge >= 0.3 is 6.03 Å². The third-order valence-corrected chi connectivity index (χ3v) is 5.20. The molecule has 1 unspecified atom stereocenters. The lowest BCUT2D eigenvalue weighted by Crippen LogP contribution is -2.37. The van der Waals surface area contributed by atoms with Crippen LogP contribution in [-0.4, -0.2) is 33.4 Å². The number of sulfone groups is 1. The second-order valence-electron chi connectivity index (χ2n) is 6.14. The van der Waals surface area contributed by atoms with Gasteiger partial charge in [0.15, 0.2) is 9.84 Å². The Morgan fingerprint density at radius 2 is 2.00 bits per heavy atom. The Hall–Kier alpha value is -2.54. The first-order valence-electron chi connectivity index (χ1n) is 7.93. The summed E-state index contributed by atoms with van der Waals surface area (Å²) < 4.78 is 29.1. The molecule has 0 aromatic heterocycles. The molecule has 1 aliphatic rings. The van der Waals surface area contributed by atoms with Gasteiger partial charge < -0.3 is 15.4 Å². The summed E-state index contributed by atoms with van der Waals surface area (Å²) in [6.45, 7) is 2.17. The van der Waals surface area contributed by atoms with Gasteiger partial charge in [-0.05, 0) is 36.2 Å². The first-order valence-corrected chi connectivity index (χ1v) is 9.82. The zero-order chi connectivity index (χ0) is 18.0. The summed E-state index contributed by atoms with van der Waals surface area (Å²) in [7, 11) is -3.33. The predicted molar refractivity (Wildman–Crippen MR) is 95.9 cm³/mol. The van der Waals surface area contributed by atoms with E-state index in [-0.39, 0.29) is 11.0 Å². The van der Waals surface area contributed by atoms with Gasteiger partial charge in [0.1, 0.15) is 11.9 Å². The number of fused-ring (bicyclic) bond motifs is 1. The number of rotatable bonds is 4. The van der Waals surface area contributed by atoms with Crippen LogP contribution in [0.4, 0.5) is 10.5 Å². The molecule has 0 radical (unpaired) electrons. The van der Waals surface area contributed by atoms with E-state index in [2.05, 4.69) is 10.6 Å². The van der Waals surface area contributed by atoms with Crippen LogP contribution >= 0.6 is 0 Å². The molecule has 3 rings (SSSR count). The van der Waals surface area contributed by atoms with Crippen molar-refractivity contribution in [2.45, 2.75) is 24.3 Å². The Kier molecular flexibility index (Phi) is 4.67. The fourth-order valence-electron chi connectivity index (χ4n) is 2.71. The van der Waals surface area contributed by atoms with Crippen molar-refractivity contribution in [3.05, 3.63) is 53.6 Å². The normalized spacial score (nSPS) is 16.0. The summed E-state index contributed by atoms with van der Waals surface area (Å²) in [5.41, 5.74) is 2.38. The van der Waals surface area contributed by atoms with Crippen molar-refractivity contribution >= 4 is 21.6 Å². The highest BCUT2D eigenvalue weighted by Crippen LogP contribution is 2.27. The lowest BCUT2D eigenvalue weighted by Gasteiger charge is -2.14. The van der Waals surface area contributed by atoms with Gasteiger partial charge in [-0.1, -0.05) is 24.3 Å². The van der Waals surface area contributed by atoms with Crippen LogP contribution in [0.2, 0.25) is 0 Å². The van der Waals surface area contributed by atoms with Crippen LogP contribution in [0.5, 0.6) is 5.75 Å². The summed E-state index contributed by atoms with van der Waals surface area (Å²) in [6, 6.07) is 12.1. The fourth-order valence-corrected chi connectivity index (χ4v) is 3.35. The molecule has 0 saturated carbocycles. The van der Waals surface area contributed by atoms with E-state index in [1.54, 1.807) is 13.0 Å². The molecule has 6 nitrogen and oxygen atoms in total. The molecule has 0 bridgehead atoms. The van der Waals surface area contributed by atoms with Gasteiger partial charge in [0.05, 0.1) is 11.4 Å². The molecule has 2 N–H and O–H groups in total. The molecule has 1 aliphatic heterocycles. The van der Waals surface area contributed by atoms with Crippen LogP contribution in [0, 0.1) is 6.92 Å². The summed E-state index contributed by atoms with van der Waals surface area (Å²) in [5.74, 6) is 0.853. The number of hydrogen-bond acceptors (Lipinski definition) is 4. The van der Waals surface area contributed by atoms with Gasteiger partial charge in [-0.2, -0.15) is 0 Å². The minimum atomic E-state index is -3.33. The van der Waals surface area contributed by atoms with E-state index < -0.39 is 15.9 Å². The first kappa shape index (κ1) is 17.3. The van der Waals surface area contributed by atoms with E-state index in [1.807, 2.05) is 24.3 Å². The van der Waals surface area contributed by atoms with Gasteiger partial charge in [-0.25, -0.2) is 13.2 Å².